The van der Waals surface area contributed by atoms with Gasteiger partial charge in [0.2, 0.25) is 5.91 Å². The van der Waals surface area contributed by atoms with Crippen molar-refractivity contribution < 1.29 is 14.3 Å². The maximum Gasteiger partial charge on any atom is 0.341 e. The molecule has 3 heterocycles. The second kappa shape index (κ2) is 10.7. The standard InChI is InChI=1S/C28H26N4O3S2/c1-4-35-27(34)24-21(19-10-6-5-7-11-19)16-37-26(24)29-23(33)13-14-36-28-31-30-22-15-18(3)20-12-8-9-17(2)25(20)32(22)28/h5-12,15-16H,4,13-14H2,1-3H3,(H,29,33). The van der Waals surface area contributed by atoms with Crippen molar-refractivity contribution in [3.05, 3.63) is 76.7 Å². The SMILES string of the molecule is CCOC(=O)c1c(-c2ccccc2)csc1NC(=O)CCSc1nnc2cc(C)c3cccc(C)c3n12. The lowest BCUT2D eigenvalue weighted by atomic mass is 10.0. The van der Waals surface area contributed by atoms with Crippen molar-refractivity contribution in [2.24, 2.45) is 0 Å². The number of ether oxygens (including phenoxy) is 1. The molecule has 1 N–H and O–H groups in total. The van der Waals surface area contributed by atoms with Gasteiger partial charge in [-0.05, 0) is 43.5 Å². The smallest absolute Gasteiger partial charge is 0.341 e. The van der Waals surface area contributed by atoms with Gasteiger partial charge < -0.3 is 10.1 Å². The molecule has 0 atom stereocenters. The Hall–Kier alpha value is -3.69. The molecule has 0 fully saturated rings. The maximum atomic E-state index is 12.9. The molecule has 0 aliphatic rings. The number of nitrogens with zero attached hydrogens (tertiary/aromatic N) is 3. The van der Waals surface area contributed by atoms with Gasteiger partial charge >= 0.3 is 5.97 Å². The maximum absolute atomic E-state index is 12.9. The third-order valence-electron chi connectivity index (χ3n) is 6.06. The largest absolute Gasteiger partial charge is 0.462 e. The molecular weight excluding hydrogens is 504 g/mol. The molecule has 3 aromatic heterocycles. The Balaban J connectivity index is 1.33. The van der Waals surface area contributed by atoms with Gasteiger partial charge in [0, 0.05) is 28.5 Å². The van der Waals surface area contributed by atoms with Crippen molar-refractivity contribution in [1.82, 2.24) is 14.6 Å². The Morgan fingerprint density at radius 3 is 2.65 bits per heavy atom. The van der Waals surface area contributed by atoms with Crippen LogP contribution in [0.25, 0.3) is 27.7 Å². The number of amides is 1. The molecule has 9 heteroatoms. The van der Waals surface area contributed by atoms with Crippen LogP contribution in [0, 0.1) is 13.8 Å². The number of thiophene rings is 1. The molecule has 2 aromatic carbocycles. The number of pyridine rings is 1. The Morgan fingerprint density at radius 1 is 1.05 bits per heavy atom. The van der Waals surface area contributed by atoms with Gasteiger partial charge in [0.25, 0.3) is 0 Å². The number of carbonyl (C=O) groups is 2. The highest BCUT2D eigenvalue weighted by Gasteiger charge is 2.23. The second-order valence-electron chi connectivity index (χ2n) is 8.56. The van der Waals surface area contributed by atoms with Gasteiger partial charge in [-0.15, -0.1) is 21.5 Å². The Morgan fingerprint density at radius 2 is 1.86 bits per heavy atom. The minimum absolute atomic E-state index is 0.176. The number of benzene rings is 2. The average molecular weight is 531 g/mol. The number of aromatic nitrogens is 3. The number of esters is 1. The fourth-order valence-corrected chi connectivity index (χ4v) is 6.19. The van der Waals surface area contributed by atoms with E-state index in [9.17, 15) is 9.59 Å². The molecule has 0 aliphatic carbocycles. The highest BCUT2D eigenvalue weighted by molar-refractivity contribution is 7.99. The fourth-order valence-electron chi connectivity index (χ4n) is 4.33. The molecule has 0 spiro atoms. The summed E-state index contributed by atoms with van der Waals surface area (Å²) in [7, 11) is 0. The number of anilines is 1. The number of thioether (sulfide) groups is 1. The monoisotopic (exact) mass is 530 g/mol. The van der Waals surface area contributed by atoms with E-state index in [4.69, 9.17) is 4.74 Å². The number of para-hydroxylation sites is 1. The lowest BCUT2D eigenvalue weighted by Gasteiger charge is -2.10. The molecule has 5 rings (SSSR count). The number of aryl methyl sites for hydroxylation is 2. The van der Waals surface area contributed by atoms with Crippen molar-refractivity contribution >= 4 is 56.5 Å². The molecule has 0 saturated carbocycles. The van der Waals surface area contributed by atoms with Crippen molar-refractivity contribution in [3.63, 3.8) is 0 Å². The number of hydrogen-bond acceptors (Lipinski definition) is 7. The molecule has 0 radical (unpaired) electrons. The van der Waals surface area contributed by atoms with Crippen molar-refractivity contribution in [1.29, 1.82) is 0 Å². The van der Waals surface area contributed by atoms with Gasteiger partial charge in [0.1, 0.15) is 10.6 Å². The first-order chi connectivity index (χ1) is 18.0. The fraction of sp³-hybridized carbons (Fsp3) is 0.214. The van der Waals surface area contributed by atoms with Crippen LogP contribution in [0.2, 0.25) is 0 Å². The number of rotatable bonds is 8. The third kappa shape index (κ3) is 4.97. The lowest BCUT2D eigenvalue weighted by Crippen LogP contribution is -2.15. The first-order valence-corrected chi connectivity index (χ1v) is 13.8. The van der Waals surface area contributed by atoms with Gasteiger partial charge in [-0.25, -0.2) is 4.79 Å². The highest BCUT2D eigenvalue weighted by atomic mass is 32.2. The predicted molar refractivity (Wildman–Crippen MR) is 150 cm³/mol. The molecule has 0 bridgehead atoms. The molecule has 5 aromatic rings. The summed E-state index contributed by atoms with van der Waals surface area (Å²) < 4.78 is 7.35. The molecule has 1 amide bonds. The zero-order valence-electron chi connectivity index (χ0n) is 20.8. The zero-order chi connectivity index (χ0) is 25.9. The van der Waals surface area contributed by atoms with Crippen molar-refractivity contribution in [2.75, 3.05) is 17.7 Å². The molecule has 37 heavy (non-hydrogen) atoms. The molecule has 0 aliphatic heterocycles. The summed E-state index contributed by atoms with van der Waals surface area (Å²) in [5, 5.41) is 16.0. The summed E-state index contributed by atoms with van der Waals surface area (Å²) in [6.07, 6.45) is 0.253. The summed E-state index contributed by atoms with van der Waals surface area (Å²) >= 11 is 2.81. The van der Waals surface area contributed by atoms with Gasteiger partial charge in [0.15, 0.2) is 10.8 Å². The summed E-state index contributed by atoms with van der Waals surface area (Å²) in [6, 6.07) is 17.9. The van der Waals surface area contributed by atoms with Crippen LogP contribution in [0.4, 0.5) is 5.00 Å². The van der Waals surface area contributed by atoms with Crippen LogP contribution in [-0.4, -0.2) is 38.8 Å². The Labute approximate surface area is 222 Å². The first kappa shape index (κ1) is 25.0. The molecule has 0 unspecified atom stereocenters. The van der Waals surface area contributed by atoms with E-state index < -0.39 is 5.97 Å². The van der Waals surface area contributed by atoms with Gasteiger partial charge in [0.05, 0.1) is 12.1 Å². The highest BCUT2D eigenvalue weighted by Crippen LogP contribution is 2.36. The average Bonchev–Trinajstić information content (AvgIpc) is 3.49. The molecule has 188 valence electrons. The van der Waals surface area contributed by atoms with Crippen LogP contribution in [0.1, 0.15) is 34.8 Å². The molecule has 0 saturated heterocycles. The van der Waals surface area contributed by atoms with Crippen LogP contribution in [0.5, 0.6) is 0 Å². The number of carbonyl (C=O) groups excluding carboxylic acids is 2. The van der Waals surface area contributed by atoms with E-state index in [1.807, 2.05) is 41.8 Å². The normalized spacial score (nSPS) is 11.2. The molecule has 7 nitrogen and oxygen atoms in total. The van der Waals surface area contributed by atoms with Crippen LogP contribution in [0.15, 0.2) is 65.1 Å². The van der Waals surface area contributed by atoms with E-state index in [2.05, 4.69) is 52.0 Å². The summed E-state index contributed by atoms with van der Waals surface area (Å²) in [6.45, 7) is 6.18. The van der Waals surface area contributed by atoms with Crippen LogP contribution >= 0.6 is 23.1 Å². The second-order valence-corrected chi connectivity index (χ2v) is 10.5. The van der Waals surface area contributed by atoms with Gasteiger partial charge in [-0.1, -0.05) is 60.3 Å². The van der Waals surface area contributed by atoms with Crippen LogP contribution < -0.4 is 5.32 Å². The number of fused-ring (bicyclic) bond motifs is 3. The van der Waals surface area contributed by atoms with Gasteiger partial charge in [-0.2, -0.15) is 0 Å². The van der Waals surface area contributed by atoms with Crippen molar-refractivity contribution in [2.45, 2.75) is 32.3 Å². The van der Waals surface area contributed by atoms with Crippen LogP contribution in [-0.2, 0) is 9.53 Å². The third-order valence-corrected chi connectivity index (χ3v) is 7.88. The first-order valence-electron chi connectivity index (χ1n) is 12.0. The van der Waals surface area contributed by atoms with E-state index in [0.29, 0.717) is 16.3 Å². The number of nitrogens with one attached hydrogen (secondary N) is 1. The molecular formula is C28H26N4O3S2. The summed E-state index contributed by atoms with van der Waals surface area (Å²) in [5.74, 6) is -0.107. The minimum Gasteiger partial charge on any atom is -0.462 e. The lowest BCUT2D eigenvalue weighted by molar-refractivity contribution is -0.115. The number of hydrogen-bond donors (Lipinski definition) is 1. The van der Waals surface area contributed by atoms with Crippen LogP contribution in [0.3, 0.4) is 0 Å². The zero-order valence-corrected chi connectivity index (χ0v) is 22.4. The van der Waals surface area contributed by atoms with E-state index in [1.54, 1.807) is 6.92 Å². The predicted octanol–water partition coefficient (Wildman–Crippen LogP) is 6.53. The van der Waals surface area contributed by atoms with E-state index in [1.165, 1.54) is 23.1 Å². The van der Waals surface area contributed by atoms with E-state index in [0.717, 1.165) is 44.0 Å². The van der Waals surface area contributed by atoms with E-state index >= 15 is 0 Å². The Kier molecular flexibility index (Phi) is 7.25. The van der Waals surface area contributed by atoms with Gasteiger partial charge in [-0.3, -0.25) is 9.20 Å². The summed E-state index contributed by atoms with van der Waals surface area (Å²) in [4.78, 5) is 25.6. The minimum atomic E-state index is -0.445. The quantitative estimate of drug-likeness (QED) is 0.181. The topological polar surface area (TPSA) is 85.6 Å². The van der Waals surface area contributed by atoms with Crippen molar-refractivity contribution in [3.8, 4) is 11.1 Å². The van der Waals surface area contributed by atoms with E-state index in [-0.39, 0.29) is 18.9 Å². The summed E-state index contributed by atoms with van der Waals surface area (Å²) in [5.41, 5.74) is 6.20. The Bertz CT molecular complexity index is 1610.